The Bertz CT molecular complexity index is 808. The maximum atomic E-state index is 13.1. The Morgan fingerprint density at radius 1 is 1.15 bits per heavy atom. The van der Waals surface area contributed by atoms with Crippen molar-refractivity contribution in [3.8, 4) is 5.75 Å². The van der Waals surface area contributed by atoms with E-state index in [1.807, 2.05) is 30.3 Å². The number of hydrogen-bond donors (Lipinski definition) is 1. The maximum absolute atomic E-state index is 13.1. The van der Waals surface area contributed by atoms with Crippen LogP contribution < -0.4 is 10.1 Å². The summed E-state index contributed by atoms with van der Waals surface area (Å²) in [5.74, 6) is -0.229. The van der Waals surface area contributed by atoms with E-state index in [9.17, 15) is 14.0 Å². The van der Waals surface area contributed by atoms with Gasteiger partial charge in [0, 0.05) is 24.7 Å². The fourth-order valence-corrected chi connectivity index (χ4v) is 3.45. The molecule has 142 valence electrons. The average molecular weight is 435 g/mol. The molecule has 0 radical (unpaired) electrons. The predicted molar refractivity (Wildman–Crippen MR) is 104 cm³/mol. The highest BCUT2D eigenvalue weighted by Gasteiger charge is 2.27. The number of para-hydroxylation sites is 1. The van der Waals surface area contributed by atoms with Crippen molar-refractivity contribution in [1.29, 1.82) is 0 Å². The van der Waals surface area contributed by atoms with Crippen LogP contribution in [0.1, 0.15) is 12.8 Å². The minimum atomic E-state index is -0.378. The molecule has 1 N–H and O–H groups in total. The van der Waals surface area contributed by atoms with Crippen molar-refractivity contribution in [3.63, 3.8) is 0 Å². The second-order valence-corrected chi connectivity index (χ2v) is 7.23. The molecule has 3 rings (SSSR count). The summed E-state index contributed by atoms with van der Waals surface area (Å²) in [4.78, 5) is 26.4. The number of piperidine rings is 1. The third kappa shape index (κ3) is 5.29. The number of nitrogens with one attached hydrogen (secondary N) is 1. The highest BCUT2D eigenvalue weighted by molar-refractivity contribution is 9.10. The van der Waals surface area contributed by atoms with Gasteiger partial charge in [0.05, 0.1) is 4.47 Å². The molecule has 1 saturated heterocycles. The monoisotopic (exact) mass is 434 g/mol. The molecule has 7 heteroatoms. The Morgan fingerprint density at radius 2 is 1.85 bits per heavy atom. The zero-order valence-corrected chi connectivity index (χ0v) is 16.2. The predicted octanol–water partition coefficient (Wildman–Crippen LogP) is 3.84. The number of benzene rings is 2. The number of carbonyl (C=O) groups is 2. The third-order valence-corrected chi connectivity index (χ3v) is 5.12. The van der Waals surface area contributed by atoms with Crippen molar-refractivity contribution in [1.82, 2.24) is 4.90 Å². The molecule has 1 fully saturated rings. The first kappa shape index (κ1) is 19.4. The molecule has 27 heavy (non-hydrogen) atoms. The van der Waals surface area contributed by atoms with Crippen LogP contribution in [0.25, 0.3) is 0 Å². The lowest BCUT2D eigenvalue weighted by Gasteiger charge is -2.31. The first-order valence-electron chi connectivity index (χ1n) is 8.74. The maximum Gasteiger partial charge on any atom is 0.260 e. The number of amides is 2. The van der Waals surface area contributed by atoms with Crippen LogP contribution in [0.15, 0.2) is 53.0 Å². The molecule has 2 aromatic rings. The van der Waals surface area contributed by atoms with Crippen LogP contribution in [0.4, 0.5) is 10.1 Å². The second-order valence-electron chi connectivity index (χ2n) is 6.37. The topological polar surface area (TPSA) is 58.6 Å². The van der Waals surface area contributed by atoms with E-state index in [0.29, 0.717) is 36.2 Å². The summed E-state index contributed by atoms with van der Waals surface area (Å²) in [7, 11) is 0. The number of carbonyl (C=O) groups excluding carboxylic acids is 2. The summed E-state index contributed by atoms with van der Waals surface area (Å²) < 4.78 is 19.0. The Balaban J connectivity index is 1.45. The second kappa shape index (κ2) is 8.99. The molecule has 0 aliphatic carbocycles. The van der Waals surface area contributed by atoms with E-state index in [4.69, 9.17) is 4.74 Å². The number of anilines is 1. The number of rotatable bonds is 5. The molecule has 2 aromatic carbocycles. The van der Waals surface area contributed by atoms with E-state index in [2.05, 4.69) is 21.2 Å². The SMILES string of the molecule is O=C(Nc1ccccc1)C1CCN(C(=O)COc2ccc(F)cc2Br)CC1. The number of nitrogens with zero attached hydrogens (tertiary/aromatic N) is 1. The standard InChI is InChI=1S/C20H20BrFN2O3/c21-17-12-15(22)6-7-18(17)27-13-19(25)24-10-8-14(9-11-24)20(26)23-16-4-2-1-3-5-16/h1-7,12,14H,8-11,13H2,(H,23,26). The van der Waals surface area contributed by atoms with Gasteiger partial charge in [0.2, 0.25) is 5.91 Å². The number of halogens is 2. The molecule has 0 saturated carbocycles. The quantitative estimate of drug-likeness (QED) is 0.777. The van der Waals surface area contributed by atoms with E-state index >= 15 is 0 Å². The van der Waals surface area contributed by atoms with Crippen molar-refractivity contribution in [2.24, 2.45) is 5.92 Å². The van der Waals surface area contributed by atoms with Gasteiger partial charge in [-0.05, 0) is 59.1 Å². The van der Waals surface area contributed by atoms with Gasteiger partial charge in [-0.3, -0.25) is 9.59 Å². The normalized spacial score (nSPS) is 14.7. The molecule has 1 aliphatic heterocycles. The minimum Gasteiger partial charge on any atom is -0.483 e. The van der Waals surface area contributed by atoms with Gasteiger partial charge >= 0.3 is 0 Å². The summed E-state index contributed by atoms with van der Waals surface area (Å²) in [6.07, 6.45) is 1.23. The van der Waals surface area contributed by atoms with Gasteiger partial charge in [-0.2, -0.15) is 0 Å². The Labute approximate surface area is 165 Å². The van der Waals surface area contributed by atoms with Crippen LogP contribution in [-0.2, 0) is 9.59 Å². The first-order chi connectivity index (χ1) is 13.0. The molecule has 0 aromatic heterocycles. The van der Waals surface area contributed by atoms with Crippen molar-refractivity contribution in [2.75, 3.05) is 25.0 Å². The number of ether oxygens (including phenoxy) is 1. The van der Waals surface area contributed by atoms with E-state index in [0.717, 1.165) is 5.69 Å². The zero-order valence-electron chi connectivity index (χ0n) is 14.7. The van der Waals surface area contributed by atoms with Crippen LogP contribution in [0.5, 0.6) is 5.75 Å². The Hall–Kier alpha value is -2.41. The molecule has 1 aliphatic rings. The van der Waals surface area contributed by atoms with E-state index in [1.54, 1.807) is 4.90 Å². The van der Waals surface area contributed by atoms with Crippen LogP contribution in [0, 0.1) is 11.7 Å². The largest absolute Gasteiger partial charge is 0.483 e. The summed E-state index contributed by atoms with van der Waals surface area (Å²) in [6.45, 7) is 0.907. The zero-order chi connectivity index (χ0) is 19.2. The van der Waals surface area contributed by atoms with Crippen LogP contribution >= 0.6 is 15.9 Å². The van der Waals surface area contributed by atoms with E-state index < -0.39 is 0 Å². The van der Waals surface area contributed by atoms with Gasteiger partial charge in [0.1, 0.15) is 11.6 Å². The molecule has 5 nitrogen and oxygen atoms in total. The van der Waals surface area contributed by atoms with Crippen molar-refractivity contribution >= 4 is 33.4 Å². The lowest BCUT2D eigenvalue weighted by molar-refractivity contribution is -0.136. The summed E-state index contributed by atoms with van der Waals surface area (Å²) >= 11 is 3.21. The molecular formula is C20H20BrFN2O3. The summed E-state index contributed by atoms with van der Waals surface area (Å²) in [5, 5.41) is 2.91. The number of hydrogen-bond acceptors (Lipinski definition) is 3. The Morgan fingerprint density at radius 3 is 2.52 bits per heavy atom. The highest BCUT2D eigenvalue weighted by atomic mass is 79.9. The van der Waals surface area contributed by atoms with Gasteiger partial charge < -0.3 is 15.0 Å². The Kier molecular flexibility index (Phi) is 6.45. The fourth-order valence-electron chi connectivity index (χ4n) is 2.98. The average Bonchev–Trinajstić information content (AvgIpc) is 2.68. The fraction of sp³-hybridized carbons (Fsp3) is 0.300. The lowest BCUT2D eigenvalue weighted by atomic mass is 9.95. The first-order valence-corrected chi connectivity index (χ1v) is 9.54. The minimum absolute atomic E-state index is 0.0141. The summed E-state index contributed by atoms with van der Waals surface area (Å²) in [6, 6.07) is 13.4. The number of likely N-dealkylation sites (tertiary alicyclic amines) is 1. The van der Waals surface area contributed by atoms with E-state index in [-0.39, 0.29) is 30.2 Å². The smallest absolute Gasteiger partial charge is 0.260 e. The van der Waals surface area contributed by atoms with Gasteiger partial charge in [-0.1, -0.05) is 18.2 Å². The van der Waals surface area contributed by atoms with Gasteiger partial charge in [-0.15, -0.1) is 0 Å². The van der Waals surface area contributed by atoms with Crippen molar-refractivity contribution < 1.29 is 18.7 Å². The molecule has 1 heterocycles. The third-order valence-electron chi connectivity index (χ3n) is 4.50. The molecule has 0 spiro atoms. The van der Waals surface area contributed by atoms with E-state index in [1.165, 1.54) is 18.2 Å². The summed E-state index contributed by atoms with van der Waals surface area (Å²) in [5.41, 5.74) is 0.777. The molecule has 0 atom stereocenters. The molecule has 0 unspecified atom stereocenters. The van der Waals surface area contributed by atoms with Gasteiger partial charge in [-0.25, -0.2) is 4.39 Å². The molecule has 2 amide bonds. The van der Waals surface area contributed by atoms with Crippen LogP contribution in [0.3, 0.4) is 0 Å². The van der Waals surface area contributed by atoms with Crippen molar-refractivity contribution in [2.45, 2.75) is 12.8 Å². The van der Waals surface area contributed by atoms with Crippen LogP contribution in [-0.4, -0.2) is 36.4 Å². The highest BCUT2D eigenvalue weighted by Crippen LogP contribution is 2.26. The van der Waals surface area contributed by atoms with Crippen LogP contribution in [0.2, 0.25) is 0 Å². The molecule has 0 bridgehead atoms. The molecular weight excluding hydrogens is 415 g/mol. The lowest BCUT2D eigenvalue weighted by Crippen LogP contribution is -2.43. The van der Waals surface area contributed by atoms with Crippen molar-refractivity contribution in [3.05, 3.63) is 58.8 Å². The van der Waals surface area contributed by atoms with Gasteiger partial charge in [0.15, 0.2) is 6.61 Å². The van der Waals surface area contributed by atoms with Gasteiger partial charge in [0.25, 0.3) is 5.91 Å².